The maximum atomic E-state index is 12.8. The summed E-state index contributed by atoms with van der Waals surface area (Å²) in [4.78, 5) is 26.1. The molecule has 0 spiro atoms. The van der Waals surface area contributed by atoms with Gasteiger partial charge in [0.25, 0.3) is 0 Å². The number of nitrogens with zero attached hydrogens (tertiary/aromatic N) is 1. The molecule has 0 aromatic heterocycles. The molecule has 1 heterocycles. The number of para-hydroxylation sites is 1. The summed E-state index contributed by atoms with van der Waals surface area (Å²) < 4.78 is 0. The Kier molecular flexibility index (Phi) is 4.65. The van der Waals surface area contributed by atoms with Crippen molar-refractivity contribution in [1.29, 1.82) is 0 Å². The van der Waals surface area contributed by atoms with Crippen LogP contribution < -0.4 is 10.2 Å². The minimum absolute atomic E-state index is 0.0172. The van der Waals surface area contributed by atoms with Gasteiger partial charge in [-0.2, -0.15) is 0 Å². The smallest absolute Gasteiger partial charge is 0.246 e. The number of ketones is 1. The lowest BCUT2D eigenvalue weighted by Gasteiger charge is -2.35. The van der Waals surface area contributed by atoms with Crippen LogP contribution in [0.3, 0.4) is 0 Å². The molecule has 0 aliphatic carbocycles. The van der Waals surface area contributed by atoms with E-state index < -0.39 is 0 Å². The predicted molar refractivity (Wildman–Crippen MR) is 96.6 cm³/mol. The zero-order chi connectivity index (χ0) is 17.1. The summed E-state index contributed by atoms with van der Waals surface area (Å²) in [5.41, 5.74) is 3.67. The quantitative estimate of drug-likeness (QED) is 0.874. The molecule has 2 aromatic carbocycles. The van der Waals surface area contributed by atoms with Gasteiger partial charge < -0.3 is 10.2 Å². The number of carbonyl (C=O) groups is 2. The summed E-state index contributed by atoms with van der Waals surface area (Å²) in [7, 11) is 0. The molecule has 3 rings (SSSR count). The first-order valence-corrected chi connectivity index (χ1v) is 8.31. The average molecular weight is 322 g/mol. The van der Waals surface area contributed by atoms with E-state index in [1.54, 1.807) is 12.1 Å². The number of anilines is 2. The van der Waals surface area contributed by atoms with E-state index in [2.05, 4.69) is 18.3 Å². The van der Waals surface area contributed by atoms with Crippen molar-refractivity contribution >= 4 is 23.1 Å². The van der Waals surface area contributed by atoms with Gasteiger partial charge in [0.2, 0.25) is 5.91 Å². The summed E-state index contributed by atoms with van der Waals surface area (Å²) in [6.07, 6.45) is 1.98. The molecule has 1 atom stereocenters. The highest BCUT2D eigenvalue weighted by atomic mass is 16.2. The van der Waals surface area contributed by atoms with Gasteiger partial charge in [0.1, 0.15) is 0 Å². The van der Waals surface area contributed by atoms with Crippen LogP contribution >= 0.6 is 0 Å². The van der Waals surface area contributed by atoms with E-state index in [-0.39, 0.29) is 24.3 Å². The predicted octanol–water partition coefficient (Wildman–Crippen LogP) is 3.67. The summed E-state index contributed by atoms with van der Waals surface area (Å²) in [6.45, 7) is 3.83. The van der Waals surface area contributed by atoms with Crippen LogP contribution in [0.25, 0.3) is 0 Å². The van der Waals surface area contributed by atoms with Crippen molar-refractivity contribution in [3.8, 4) is 0 Å². The number of rotatable bonds is 4. The minimum atomic E-state index is 0.0172. The van der Waals surface area contributed by atoms with E-state index in [1.807, 2.05) is 35.2 Å². The molecule has 0 unspecified atom stereocenters. The Morgan fingerprint density at radius 1 is 1.17 bits per heavy atom. The van der Waals surface area contributed by atoms with Crippen LogP contribution in [0.5, 0.6) is 0 Å². The van der Waals surface area contributed by atoms with E-state index in [0.29, 0.717) is 5.56 Å². The van der Waals surface area contributed by atoms with Crippen LogP contribution in [-0.4, -0.2) is 24.3 Å². The van der Waals surface area contributed by atoms with E-state index in [4.69, 9.17) is 0 Å². The van der Waals surface area contributed by atoms with Gasteiger partial charge in [0.15, 0.2) is 5.78 Å². The molecule has 1 amide bonds. The number of hydrogen-bond acceptors (Lipinski definition) is 3. The molecular weight excluding hydrogens is 300 g/mol. The van der Waals surface area contributed by atoms with Gasteiger partial charge in [-0.25, -0.2) is 0 Å². The summed E-state index contributed by atoms with van der Waals surface area (Å²) >= 11 is 0. The highest BCUT2D eigenvalue weighted by Gasteiger charge is 2.27. The Morgan fingerprint density at radius 3 is 2.75 bits per heavy atom. The van der Waals surface area contributed by atoms with Crippen LogP contribution in [0.15, 0.2) is 48.5 Å². The number of benzene rings is 2. The fourth-order valence-corrected chi connectivity index (χ4v) is 3.18. The summed E-state index contributed by atoms with van der Waals surface area (Å²) in [5.74, 6) is 0.0615. The second-order valence-electron chi connectivity index (χ2n) is 6.27. The summed E-state index contributed by atoms with van der Waals surface area (Å²) in [6, 6.07) is 15.5. The van der Waals surface area contributed by atoms with Crippen molar-refractivity contribution in [2.45, 2.75) is 32.7 Å². The molecule has 0 bridgehead atoms. The van der Waals surface area contributed by atoms with Crippen LogP contribution in [-0.2, 0) is 11.2 Å². The monoisotopic (exact) mass is 322 g/mol. The van der Waals surface area contributed by atoms with Crippen molar-refractivity contribution in [2.24, 2.45) is 0 Å². The van der Waals surface area contributed by atoms with E-state index in [0.717, 1.165) is 24.2 Å². The third kappa shape index (κ3) is 3.32. The molecular formula is C20H22N2O2. The number of Topliss-reactive ketones (excluding diaryl/α,β-unsaturated/α-hetero) is 1. The maximum absolute atomic E-state index is 12.8. The number of carbonyl (C=O) groups excluding carboxylic acids is 2. The topological polar surface area (TPSA) is 49.4 Å². The third-order valence-electron chi connectivity index (χ3n) is 4.50. The van der Waals surface area contributed by atoms with Crippen molar-refractivity contribution in [1.82, 2.24) is 0 Å². The van der Waals surface area contributed by atoms with Gasteiger partial charge in [-0.05, 0) is 50.5 Å². The Balaban J connectivity index is 1.73. The average Bonchev–Trinajstić information content (AvgIpc) is 2.60. The van der Waals surface area contributed by atoms with Crippen LogP contribution in [0, 0.1) is 0 Å². The number of aryl methyl sites for hydroxylation is 1. The second-order valence-corrected chi connectivity index (χ2v) is 6.27. The lowest BCUT2D eigenvalue weighted by Crippen LogP contribution is -2.44. The lowest BCUT2D eigenvalue weighted by atomic mass is 9.96. The molecule has 124 valence electrons. The first-order valence-electron chi connectivity index (χ1n) is 8.31. The Morgan fingerprint density at radius 2 is 1.96 bits per heavy atom. The fraction of sp³-hybridized carbons (Fsp3) is 0.300. The van der Waals surface area contributed by atoms with Crippen molar-refractivity contribution in [3.63, 3.8) is 0 Å². The van der Waals surface area contributed by atoms with Gasteiger partial charge >= 0.3 is 0 Å². The normalized spacial score (nSPS) is 16.4. The Hall–Kier alpha value is -2.62. The third-order valence-corrected chi connectivity index (χ3v) is 4.50. The van der Waals surface area contributed by atoms with Gasteiger partial charge in [0.05, 0.1) is 6.54 Å². The molecule has 24 heavy (non-hydrogen) atoms. The zero-order valence-corrected chi connectivity index (χ0v) is 14.1. The largest absolute Gasteiger partial charge is 0.376 e. The highest BCUT2D eigenvalue weighted by Crippen LogP contribution is 2.30. The Bertz CT molecular complexity index is 770. The van der Waals surface area contributed by atoms with E-state index >= 15 is 0 Å². The van der Waals surface area contributed by atoms with Crippen molar-refractivity contribution < 1.29 is 9.59 Å². The number of amides is 1. The molecule has 0 saturated carbocycles. The molecule has 0 fully saturated rings. The fourth-order valence-electron chi connectivity index (χ4n) is 3.18. The minimum Gasteiger partial charge on any atom is -0.376 e. The first kappa shape index (κ1) is 16.2. The standard InChI is InChI=1S/C20H22N2O2/c1-14-10-11-16-6-3-4-9-19(16)22(14)20(24)13-21-18-8-5-7-17(12-18)15(2)23/h3-9,12,14,21H,10-11,13H2,1-2H3/t14-/m1/s1. The maximum Gasteiger partial charge on any atom is 0.246 e. The molecule has 4 nitrogen and oxygen atoms in total. The number of hydrogen-bond donors (Lipinski definition) is 1. The first-order chi connectivity index (χ1) is 11.6. The zero-order valence-electron chi connectivity index (χ0n) is 14.1. The van der Waals surface area contributed by atoms with E-state index in [1.165, 1.54) is 12.5 Å². The van der Waals surface area contributed by atoms with Crippen molar-refractivity contribution in [2.75, 3.05) is 16.8 Å². The highest BCUT2D eigenvalue weighted by molar-refractivity contribution is 5.98. The molecule has 1 N–H and O–H groups in total. The molecule has 0 radical (unpaired) electrons. The number of nitrogens with one attached hydrogen (secondary N) is 1. The second kappa shape index (κ2) is 6.87. The SMILES string of the molecule is CC(=O)c1cccc(NCC(=O)N2c3ccccc3CC[C@H]2C)c1. The molecule has 1 aliphatic rings. The molecule has 2 aromatic rings. The van der Waals surface area contributed by atoms with Gasteiger partial charge in [0, 0.05) is 23.0 Å². The van der Waals surface area contributed by atoms with Gasteiger partial charge in [-0.1, -0.05) is 30.3 Å². The lowest BCUT2D eigenvalue weighted by molar-refractivity contribution is -0.117. The Labute approximate surface area is 142 Å². The van der Waals surface area contributed by atoms with Crippen LogP contribution in [0.1, 0.15) is 36.2 Å². The van der Waals surface area contributed by atoms with Crippen molar-refractivity contribution in [3.05, 3.63) is 59.7 Å². The molecule has 4 heteroatoms. The summed E-state index contributed by atoms with van der Waals surface area (Å²) in [5, 5.41) is 3.14. The van der Waals surface area contributed by atoms with Crippen LogP contribution in [0.2, 0.25) is 0 Å². The van der Waals surface area contributed by atoms with Gasteiger partial charge in [-0.3, -0.25) is 9.59 Å². The molecule has 0 saturated heterocycles. The van der Waals surface area contributed by atoms with Crippen LogP contribution in [0.4, 0.5) is 11.4 Å². The van der Waals surface area contributed by atoms with Gasteiger partial charge in [-0.15, -0.1) is 0 Å². The number of fused-ring (bicyclic) bond motifs is 1. The van der Waals surface area contributed by atoms with E-state index in [9.17, 15) is 9.59 Å². The molecule has 1 aliphatic heterocycles.